The normalized spacial score (nSPS) is 10.3. The van der Waals surface area contributed by atoms with Gasteiger partial charge in [0.2, 0.25) is 0 Å². The van der Waals surface area contributed by atoms with Gasteiger partial charge in [-0.25, -0.2) is 4.79 Å². The second kappa shape index (κ2) is 5.21. The van der Waals surface area contributed by atoms with Gasteiger partial charge in [0.25, 0.3) is 0 Å². The Kier molecular flexibility index (Phi) is 4.93. The number of alkyl carbamates (subject to hydrolysis) is 1. The summed E-state index contributed by atoms with van der Waals surface area (Å²) in [5, 5.41) is 5.01. The van der Waals surface area contributed by atoms with Gasteiger partial charge in [0.15, 0.2) is 0 Å². The van der Waals surface area contributed by atoms with Crippen LogP contribution in [0.3, 0.4) is 0 Å². The molecule has 0 aromatic heterocycles. The summed E-state index contributed by atoms with van der Waals surface area (Å²) in [6.07, 6.45) is -0.597. The Bertz CT molecular complexity index is 259. The first-order valence-electron chi connectivity index (χ1n) is 4.02. The average molecular weight is 234 g/mol. The molecule has 0 aliphatic rings. The Morgan fingerprint density at radius 3 is 2.07 bits per heavy atom. The lowest BCUT2D eigenvalue weighted by atomic mass is 10.2. The summed E-state index contributed by atoms with van der Waals surface area (Å²) in [4.78, 5) is 11.7. The lowest BCUT2D eigenvalue weighted by Gasteiger charge is -2.19. The number of amides is 1. The first-order valence-corrected chi connectivity index (χ1v) is 4.84. The van der Waals surface area contributed by atoms with Crippen molar-refractivity contribution >= 4 is 40.5 Å². The number of carbonyl (C=O) groups excluding carboxylic acids is 1. The topological polar surface area (TPSA) is 50.4 Å². The van der Waals surface area contributed by atoms with Crippen molar-refractivity contribution in [2.75, 3.05) is 7.05 Å². The molecule has 0 spiro atoms. The Morgan fingerprint density at radius 1 is 1.21 bits per heavy atom. The number of hydrogen-bond acceptors (Lipinski definition) is 4. The fraction of sp³-hybridized carbons (Fsp3) is 0.625. The SMILES string of the molecule is CNC(=S)C(=S)NC(=O)OC(C)(C)C. The summed E-state index contributed by atoms with van der Waals surface area (Å²) in [6, 6.07) is 0. The van der Waals surface area contributed by atoms with Crippen molar-refractivity contribution in [3.63, 3.8) is 0 Å². The van der Waals surface area contributed by atoms with E-state index in [0.717, 1.165) is 0 Å². The van der Waals surface area contributed by atoms with E-state index < -0.39 is 11.7 Å². The molecule has 0 unspecified atom stereocenters. The lowest BCUT2D eigenvalue weighted by molar-refractivity contribution is 0.0565. The molecule has 0 radical (unpaired) electrons. The predicted molar refractivity (Wildman–Crippen MR) is 63.6 cm³/mol. The standard InChI is InChI=1S/C8H14N2O2S2/c1-8(2,3)12-7(11)10-6(14)5(13)9-4/h1-4H3,(H,9,13)(H,10,11,14). The second-order valence-corrected chi connectivity index (χ2v) is 4.35. The molecule has 0 saturated heterocycles. The minimum Gasteiger partial charge on any atom is -0.444 e. The van der Waals surface area contributed by atoms with Gasteiger partial charge in [-0.15, -0.1) is 0 Å². The molecule has 0 saturated carbocycles. The van der Waals surface area contributed by atoms with Gasteiger partial charge in [0.05, 0.1) is 0 Å². The summed E-state index contributed by atoms with van der Waals surface area (Å²) in [7, 11) is 1.63. The van der Waals surface area contributed by atoms with E-state index >= 15 is 0 Å². The zero-order valence-corrected chi connectivity index (χ0v) is 10.3. The maximum Gasteiger partial charge on any atom is 0.412 e. The van der Waals surface area contributed by atoms with E-state index in [1.165, 1.54) is 0 Å². The molecule has 0 atom stereocenters. The molecule has 0 heterocycles. The monoisotopic (exact) mass is 234 g/mol. The van der Waals surface area contributed by atoms with Crippen LogP contribution in [0, 0.1) is 0 Å². The third-order valence-electron chi connectivity index (χ3n) is 1.05. The maximum atomic E-state index is 11.2. The van der Waals surface area contributed by atoms with Crippen LogP contribution in [0.1, 0.15) is 20.8 Å². The van der Waals surface area contributed by atoms with Crippen molar-refractivity contribution in [3.8, 4) is 0 Å². The van der Waals surface area contributed by atoms with Gasteiger partial charge in [-0.2, -0.15) is 0 Å². The van der Waals surface area contributed by atoms with Crippen LogP contribution in [0.2, 0.25) is 0 Å². The highest BCUT2D eigenvalue weighted by Crippen LogP contribution is 2.06. The number of thiocarbonyl (C=S) groups is 2. The van der Waals surface area contributed by atoms with Crippen molar-refractivity contribution in [1.29, 1.82) is 0 Å². The Labute approximate surface area is 94.4 Å². The number of hydrogen-bond donors (Lipinski definition) is 2. The number of rotatable bonds is 0. The summed E-state index contributed by atoms with van der Waals surface area (Å²) in [6.45, 7) is 5.31. The fourth-order valence-corrected chi connectivity index (χ4v) is 0.803. The average Bonchev–Trinajstić information content (AvgIpc) is 1.99. The Balaban J connectivity index is 4.08. The highest BCUT2D eigenvalue weighted by Gasteiger charge is 2.17. The molecule has 0 aliphatic heterocycles. The van der Waals surface area contributed by atoms with Crippen LogP contribution in [0.15, 0.2) is 0 Å². The van der Waals surface area contributed by atoms with E-state index in [2.05, 4.69) is 10.6 Å². The van der Waals surface area contributed by atoms with Crippen molar-refractivity contribution < 1.29 is 9.53 Å². The first-order chi connectivity index (χ1) is 6.26. The molecule has 0 aromatic carbocycles. The van der Waals surface area contributed by atoms with Gasteiger partial charge >= 0.3 is 6.09 Å². The molecule has 1 amide bonds. The van der Waals surface area contributed by atoms with Crippen molar-refractivity contribution in [1.82, 2.24) is 10.6 Å². The smallest absolute Gasteiger partial charge is 0.412 e. The van der Waals surface area contributed by atoms with E-state index in [0.29, 0.717) is 4.99 Å². The minimum absolute atomic E-state index is 0.164. The molecule has 0 aromatic rings. The molecular weight excluding hydrogens is 220 g/mol. The second-order valence-electron chi connectivity index (χ2n) is 3.54. The van der Waals surface area contributed by atoms with Gasteiger partial charge < -0.3 is 10.1 Å². The maximum absolute atomic E-state index is 11.2. The highest BCUT2D eigenvalue weighted by molar-refractivity contribution is 7.89. The van der Waals surface area contributed by atoms with Gasteiger partial charge in [-0.3, -0.25) is 5.32 Å². The molecule has 0 aliphatic carbocycles. The van der Waals surface area contributed by atoms with E-state index in [4.69, 9.17) is 29.2 Å². The zero-order chi connectivity index (χ0) is 11.4. The highest BCUT2D eigenvalue weighted by atomic mass is 32.1. The predicted octanol–water partition coefficient (Wildman–Crippen LogP) is 1.39. The quantitative estimate of drug-likeness (QED) is 0.620. The van der Waals surface area contributed by atoms with Crippen molar-refractivity contribution in [2.24, 2.45) is 0 Å². The Morgan fingerprint density at radius 2 is 1.71 bits per heavy atom. The number of carbonyl (C=O) groups is 1. The third kappa shape index (κ3) is 5.82. The van der Waals surface area contributed by atoms with Crippen molar-refractivity contribution in [2.45, 2.75) is 26.4 Å². The summed E-state index contributed by atoms with van der Waals surface area (Å²) in [5.74, 6) is 0. The fourth-order valence-electron chi connectivity index (χ4n) is 0.567. The molecule has 0 fully saturated rings. The number of ether oxygens (including phenoxy) is 1. The van der Waals surface area contributed by atoms with Gasteiger partial charge in [-0.05, 0) is 20.8 Å². The molecular formula is C8H14N2O2S2. The molecule has 80 valence electrons. The van der Waals surface area contributed by atoms with E-state index in [-0.39, 0.29) is 4.99 Å². The molecule has 4 nitrogen and oxygen atoms in total. The summed E-state index contributed by atoms with van der Waals surface area (Å²) >= 11 is 9.64. The van der Waals surface area contributed by atoms with Crippen molar-refractivity contribution in [3.05, 3.63) is 0 Å². The van der Waals surface area contributed by atoms with E-state index in [9.17, 15) is 4.79 Å². The van der Waals surface area contributed by atoms with Crippen LogP contribution in [0.25, 0.3) is 0 Å². The van der Waals surface area contributed by atoms with E-state index in [1.807, 2.05) is 0 Å². The summed E-state index contributed by atoms with van der Waals surface area (Å²) in [5.41, 5.74) is -0.541. The lowest BCUT2D eigenvalue weighted by Crippen LogP contribution is -2.41. The molecule has 6 heteroatoms. The van der Waals surface area contributed by atoms with Crippen LogP contribution in [-0.2, 0) is 4.74 Å². The van der Waals surface area contributed by atoms with E-state index in [1.54, 1.807) is 27.8 Å². The molecule has 2 N–H and O–H groups in total. The van der Waals surface area contributed by atoms with Gasteiger partial charge in [0.1, 0.15) is 15.6 Å². The van der Waals surface area contributed by atoms with Crippen LogP contribution in [0.4, 0.5) is 4.79 Å². The van der Waals surface area contributed by atoms with Crippen LogP contribution in [-0.4, -0.2) is 28.7 Å². The number of nitrogens with one attached hydrogen (secondary N) is 2. The minimum atomic E-state index is -0.597. The van der Waals surface area contributed by atoms with Crippen LogP contribution >= 0.6 is 24.4 Å². The molecule has 0 rings (SSSR count). The van der Waals surface area contributed by atoms with Gasteiger partial charge in [-0.1, -0.05) is 24.4 Å². The van der Waals surface area contributed by atoms with Crippen LogP contribution in [0.5, 0.6) is 0 Å². The first kappa shape index (κ1) is 13.2. The summed E-state index contributed by atoms with van der Waals surface area (Å²) < 4.78 is 4.98. The zero-order valence-electron chi connectivity index (χ0n) is 8.63. The molecule has 0 bridgehead atoms. The molecule has 14 heavy (non-hydrogen) atoms. The number of likely N-dealkylation sites (N-methyl/N-ethyl adjacent to an activating group) is 1. The largest absolute Gasteiger partial charge is 0.444 e. The van der Waals surface area contributed by atoms with Crippen LogP contribution < -0.4 is 10.6 Å². The van der Waals surface area contributed by atoms with Gasteiger partial charge in [0, 0.05) is 7.05 Å². The third-order valence-corrected chi connectivity index (χ3v) is 1.89. The Hall–Kier alpha value is -0.750.